The van der Waals surface area contributed by atoms with E-state index in [4.69, 9.17) is 0 Å². The van der Waals surface area contributed by atoms with Gasteiger partial charge in [-0.25, -0.2) is 0 Å². The summed E-state index contributed by atoms with van der Waals surface area (Å²) in [7, 11) is 0. The van der Waals surface area contributed by atoms with Crippen molar-refractivity contribution in [2.45, 2.75) is 284 Å². The first-order chi connectivity index (χ1) is 29.4. The second kappa shape index (κ2) is 36.8. The summed E-state index contributed by atoms with van der Waals surface area (Å²) in [5.41, 5.74) is 7.12. The molecule has 0 saturated carbocycles. The van der Waals surface area contributed by atoms with Crippen LogP contribution in [0, 0.1) is 0 Å². The molecule has 3 heteroatoms. The van der Waals surface area contributed by atoms with Gasteiger partial charge in [0.15, 0.2) is 0 Å². The molecular weight excluding hydrogens is 749 g/mol. The number of phenols is 2. The maximum absolute atomic E-state index is 12.2. The summed E-state index contributed by atoms with van der Waals surface area (Å²) in [6.45, 7) is 13.8. The third kappa shape index (κ3) is 24.3. The second-order valence-electron chi connectivity index (χ2n) is 19.0. The van der Waals surface area contributed by atoms with E-state index in [0.29, 0.717) is 16.7 Å². The minimum absolute atomic E-state index is 0.0247. The number of aryl methyl sites for hydroxylation is 4. The van der Waals surface area contributed by atoms with Gasteiger partial charge in [-0.2, -0.15) is 11.8 Å². The zero-order valence-corrected chi connectivity index (χ0v) is 41.7. The Hall–Kier alpha value is -1.61. The topological polar surface area (TPSA) is 40.5 Å². The minimum atomic E-state index is -0.0247. The van der Waals surface area contributed by atoms with Gasteiger partial charge in [0, 0.05) is 22.3 Å². The van der Waals surface area contributed by atoms with E-state index in [9.17, 15) is 10.2 Å². The first-order valence-corrected chi connectivity index (χ1v) is 27.8. The Labute approximate surface area is 379 Å². The van der Waals surface area contributed by atoms with Crippen LogP contribution in [0.2, 0.25) is 0 Å². The quantitative estimate of drug-likeness (QED) is 0.0655. The normalized spacial score (nSPS) is 12.2. The molecule has 2 aromatic carbocycles. The standard InChI is InChI=1S/C57H100O2S/c1-7-12-17-20-23-24-25-26-27-28-29-30-31-34-37-42-60-48(6)43-53(54-46-49(38-35-32-21-18-13-8-2)44-51(56(54)58)40-15-10-4)55-47-50(39-36-33-22-19-14-9-3)45-52(57(55)59)41-16-11-5/h44-48,53,58-59H,7-43H2,1-6H3. The van der Waals surface area contributed by atoms with Gasteiger partial charge in [-0.05, 0) is 92.2 Å². The molecule has 1 unspecified atom stereocenters. The lowest BCUT2D eigenvalue weighted by Gasteiger charge is -2.27. The fourth-order valence-corrected chi connectivity index (χ4v) is 10.4. The van der Waals surface area contributed by atoms with Crippen LogP contribution >= 0.6 is 11.8 Å². The van der Waals surface area contributed by atoms with Gasteiger partial charge in [-0.15, -0.1) is 0 Å². The third-order valence-corrected chi connectivity index (χ3v) is 14.5. The number of thioether (sulfide) groups is 1. The molecule has 2 nitrogen and oxygen atoms in total. The Morgan fingerprint density at radius 3 is 1.05 bits per heavy atom. The number of hydrogen-bond acceptors (Lipinski definition) is 3. The Balaban J connectivity index is 2.22. The molecule has 0 aromatic heterocycles. The first kappa shape index (κ1) is 54.5. The van der Waals surface area contributed by atoms with E-state index in [1.165, 1.54) is 190 Å². The summed E-state index contributed by atoms with van der Waals surface area (Å²) < 4.78 is 0. The molecular formula is C57H100O2S. The van der Waals surface area contributed by atoms with Gasteiger partial charge in [-0.3, -0.25) is 0 Å². The zero-order chi connectivity index (χ0) is 43.5. The minimum Gasteiger partial charge on any atom is -0.507 e. The van der Waals surface area contributed by atoms with Gasteiger partial charge in [-0.1, -0.05) is 233 Å². The molecule has 60 heavy (non-hydrogen) atoms. The van der Waals surface area contributed by atoms with E-state index in [-0.39, 0.29) is 5.92 Å². The SMILES string of the molecule is CCCCCCCCCCCCCCCCCSC(C)CC(c1cc(CCCCCCCC)cc(CCCC)c1O)c1cc(CCCCCCCC)cc(CCCC)c1O. The van der Waals surface area contributed by atoms with Crippen LogP contribution in [0.25, 0.3) is 0 Å². The number of aromatic hydroxyl groups is 2. The fraction of sp³-hybridized carbons (Fsp3) is 0.789. The predicted molar refractivity (Wildman–Crippen MR) is 271 cm³/mol. The van der Waals surface area contributed by atoms with Gasteiger partial charge in [0.25, 0.3) is 0 Å². The van der Waals surface area contributed by atoms with Crippen molar-refractivity contribution in [2.24, 2.45) is 0 Å². The molecule has 2 rings (SSSR count). The Bertz CT molecular complexity index is 1220. The molecule has 346 valence electrons. The van der Waals surface area contributed by atoms with Crippen LogP contribution in [0.4, 0.5) is 0 Å². The van der Waals surface area contributed by atoms with E-state index < -0.39 is 0 Å². The van der Waals surface area contributed by atoms with Gasteiger partial charge in [0.05, 0.1) is 0 Å². The van der Waals surface area contributed by atoms with Crippen LogP contribution < -0.4 is 0 Å². The van der Waals surface area contributed by atoms with Gasteiger partial charge >= 0.3 is 0 Å². The highest BCUT2D eigenvalue weighted by molar-refractivity contribution is 7.99. The Kier molecular flexibility index (Phi) is 33.5. The molecule has 0 amide bonds. The Morgan fingerprint density at radius 1 is 0.383 bits per heavy atom. The van der Waals surface area contributed by atoms with Crippen molar-refractivity contribution in [3.8, 4) is 11.5 Å². The average molecular weight is 849 g/mol. The number of benzene rings is 2. The molecule has 2 N–H and O–H groups in total. The summed E-state index contributed by atoms with van der Waals surface area (Å²) in [6, 6.07) is 9.37. The van der Waals surface area contributed by atoms with Crippen LogP contribution in [0.5, 0.6) is 11.5 Å². The van der Waals surface area contributed by atoms with Gasteiger partial charge in [0.1, 0.15) is 11.5 Å². The number of phenolic OH excluding ortho intramolecular Hbond substituents is 2. The summed E-state index contributed by atoms with van der Waals surface area (Å²) in [6.07, 6.45) is 45.9. The zero-order valence-electron chi connectivity index (χ0n) is 40.9. The molecule has 0 aliphatic carbocycles. The lowest BCUT2D eigenvalue weighted by molar-refractivity contribution is 0.442. The molecule has 0 aliphatic rings. The van der Waals surface area contributed by atoms with Gasteiger partial charge in [0.2, 0.25) is 0 Å². The van der Waals surface area contributed by atoms with Crippen molar-refractivity contribution in [1.29, 1.82) is 0 Å². The van der Waals surface area contributed by atoms with Crippen molar-refractivity contribution in [1.82, 2.24) is 0 Å². The van der Waals surface area contributed by atoms with Crippen LogP contribution in [-0.4, -0.2) is 21.2 Å². The van der Waals surface area contributed by atoms with E-state index in [0.717, 1.165) is 80.0 Å². The van der Waals surface area contributed by atoms with Crippen LogP contribution in [0.15, 0.2) is 24.3 Å². The highest BCUT2D eigenvalue weighted by Gasteiger charge is 2.27. The lowest BCUT2D eigenvalue weighted by Crippen LogP contribution is -2.12. The molecule has 1 atom stereocenters. The summed E-state index contributed by atoms with van der Waals surface area (Å²) in [5.74, 6) is 2.17. The maximum Gasteiger partial charge on any atom is 0.122 e. The first-order valence-electron chi connectivity index (χ1n) is 26.7. The number of hydrogen-bond donors (Lipinski definition) is 2. The predicted octanol–water partition coefficient (Wildman–Crippen LogP) is 19.1. The van der Waals surface area contributed by atoms with Crippen LogP contribution in [0.3, 0.4) is 0 Å². The fourth-order valence-electron chi connectivity index (χ4n) is 9.31. The van der Waals surface area contributed by atoms with Crippen molar-refractivity contribution < 1.29 is 10.2 Å². The second-order valence-corrected chi connectivity index (χ2v) is 20.6. The smallest absolute Gasteiger partial charge is 0.122 e. The number of unbranched alkanes of at least 4 members (excludes halogenated alkanes) is 26. The molecule has 0 heterocycles. The molecule has 0 saturated heterocycles. The highest BCUT2D eigenvalue weighted by atomic mass is 32.2. The van der Waals surface area contributed by atoms with Crippen LogP contribution in [-0.2, 0) is 25.7 Å². The molecule has 0 fully saturated rings. The number of rotatable bonds is 41. The molecule has 2 aromatic rings. The monoisotopic (exact) mass is 849 g/mol. The molecule has 0 bridgehead atoms. The highest BCUT2D eigenvalue weighted by Crippen LogP contribution is 2.45. The summed E-state index contributed by atoms with van der Waals surface area (Å²) >= 11 is 2.12. The van der Waals surface area contributed by atoms with Gasteiger partial charge < -0.3 is 10.2 Å². The molecule has 0 spiro atoms. The maximum atomic E-state index is 12.2. The van der Waals surface area contributed by atoms with E-state index >= 15 is 0 Å². The third-order valence-electron chi connectivity index (χ3n) is 13.3. The van der Waals surface area contributed by atoms with Crippen molar-refractivity contribution >= 4 is 11.8 Å². The van der Waals surface area contributed by atoms with Crippen molar-refractivity contribution in [3.05, 3.63) is 57.6 Å². The van der Waals surface area contributed by atoms with E-state index in [1.807, 2.05) is 0 Å². The van der Waals surface area contributed by atoms with Crippen molar-refractivity contribution in [2.75, 3.05) is 5.75 Å². The summed E-state index contributed by atoms with van der Waals surface area (Å²) in [4.78, 5) is 0. The average Bonchev–Trinajstić information content (AvgIpc) is 3.25. The summed E-state index contributed by atoms with van der Waals surface area (Å²) in [5, 5.41) is 24.8. The van der Waals surface area contributed by atoms with E-state index in [2.05, 4.69) is 77.6 Å². The van der Waals surface area contributed by atoms with Crippen molar-refractivity contribution in [3.63, 3.8) is 0 Å². The lowest BCUT2D eigenvalue weighted by atomic mass is 9.81. The Morgan fingerprint density at radius 2 is 0.700 bits per heavy atom. The van der Waals surface area contributed by atoms with Crippen LogP contribution in [0.1, 0.15) is 286 Å². The molecule has 0 radical (unpaired) electrons. The largest absolute Gasteiger partial charge is 0.507 e. The molecule has 0 aliphatic heterocycles. The van der Waals surface area contributed by atoms with E-state index in [1.54, 1.807) is 0 Å².